The Labute approximate surface area is 177 Å². The first kappa shape index (κ1) is 20.9. The third-order valence-electron chi connectivity index (χ3n) is 5.16. The average Bonchev–Trinajstić information content (AvgIpc) is 2.67. The maximum atomic E-state index is 14.9. The smallest absolute Gasteiger partial charge is 0.341 e. The van der Waals surface area contributed by atoms with Crippen molar-refractivity contribution in [2.45, 2.75) is 0 Å². The van der Waals surface area contributed by atoms with Crippen LogP contribution in [0.3, 0.4) is 0 Å². The molecule has 0 atom stereocenters. The first-order chi connectivity index (χ1) is 14.6. The summed E-state index contributed by atoms with van der Waals surface area (Å²) >= 11 is 6.45. The summed E-state index contributed by atoms with van der Waals surface area (Å²) < 4.78 is 44.0. The zero-order chi connectivity index (χ0) is 22.6. The lowest BCUT2D eigenvalue weighted by atomic mass is 9.98. The highest BCUT2D eigenvalue weighted by molar-refractivity contribution is 6.38. The van der Waals surface area contributed by atoms with E-state index in [9.17, 15) is 27.9 Å². The molecule has 31 heavy (non-hydrogen) atoms. The number of anilines is 2. The van der Waals surface area contributed by atoms with E-state index in [1.807, 2.05) is 0 Å². The highest BCUT2D eigenvalue weighted by Crippen LogP contribution is 2.39. The summed E-state index contributed by atoms with van der Waals surface area (Å²) in [4.78, 5) is 29.5. The maximum absolute atomic E-state index is 14.9. The molecule has 1 aliphatic heterocycles. The molecule has 1 aromatic carbocycles. The molecule has 12 heteroatoms. The van der Waals surface area contributed by atoms with Gasteiger partial charge in [0.2, 0.25) is 5.43 Å². The molecule has 8 nitrogen and oxygen atoms in total. The van der Waals surface area contributed by atoms with Crippen LogP contribution in [0.2, 0.25) is 5.02 Å². The highest BCUT2D eigenvalue weighted by atomic mass is 35.5. The Balaban J connectivity index is 2.09. The molecule has 1 saturated heterocycles. The Bertz CT molecular complexity index is 1310. The van der Waals surface area contributed by atoms with Gasteiger partial charge in [-0.25, -0.2) is 22.9 Å². The van der Waals surface area contributed by atoms with Gasteiger partial charge in [0.25, 0.3) is 0 Å². The number of nitrogens with two attached hydrogens (primary N) is 2. The van der Waals surface area contributed by atoms with Crippen LogP contribution in [0, 0.1) is 23.4 Å². The van der Waals surface area contributed by atoms with Gasteiger partial charge in [-0.2, -0.15) is 0 Å². The number of rotatable bonds is 4. The van der Waals surface area contributed by atoms with Gasteiger partial charge in [-0.15, -0.1) is 0 Å². The fourth-order valence-corrected chi connectivity index (χ4v) is 3.96. The van der Waals surface area contributed by atoms with Crippen molar-refractivity contribution >= 4 is 40.0 Å². The number of pyridine rings is 2. The number of carboxylic acids is 1. The second-order valence-electron chi connectivity index (χ2n) is 7.13. The number of nitrogen functional groups attached to an aromatic ring is 1. The van der Waals surface area contributed by atoms with Crippen LogP contribution in [-0.2, 0) is 0 Å². The summed E-state index contributed by atoms with van der Waals surface area (Å²) in [6.45, 7) is 1.21. The van der Waals surface area contributed by atoms with E-state index in [0.717, 1.165) is 16.8 Å². The van der Waals surface area contributed by atoms with Crippen LogP contribution in [0.1, 0.15) is 10.4 Å². The van der Waals surface area contributed by atoms with E-state index in [2.05, 4.69) is 4.98 Å². The number of halogens is 4. The van der Waals surface area contributed by atoms with Gasteiger partial charge < -0.3 is 21.5 Å². The second kappa shape index (κ2) is 7.43. The molecule has 0 spiro atoms. The normalized spacial score (nSPS) is 14.2. The lowest BCUT2D eigenvalue weighted by Gasteiger charge is -2.41. The summed E-state index contributed by atoms with van der Waals surface area (Å²) in [5.41, 5.74) is 8.99. The van der Waals surface area contributed by atoms with Crippen molar-refractivity contribution in [2.75, 3.05) is 30.3 Å². The van der Waals surface area contributed by atoms with Crippen LogP contribution in [0.5, 0.6) is 0 Å². The van der Waals surface area contributed by atoms with Crippen molar-refractivity contribution < 1.29 is 23.1 Å². The predicted octanol–water partition coefficient (Wildman–Crippen LogP) is 2.13. The third-order valence-corrected chi connectivity index (χ3v) is 5.52. The molecule has 3 aromatic rings. The summed E-state index contributed by atoms with van der Waals surface area (Å²) in [6.07, 6.45) is 0.794. The lowest BCUT2D eigenvalue weighted by molar-refractivity contribution is 0.0695. The largest absolute Gasteiger partial charge is 0.477 e. The van der Waals surface area contributed by atoms with Crippen LogP contribution in [0.15, 0.2) is 23.1 Å². The molecule has 3 heterocycles. The van der Waals surface area contributed by atoms with Crippen LogP contribution in [0.4, 0.5) is 24.7 Å². The monoisotopic (exact) mass is 453 g/mol. The van der Waals surface area contributed by atoms with Crippen molar-refractivity contribution in [3.8, 4) is 5.82 Å². The Morgan fingerprint density at radius 3 is 2.52 bits per heavy atom. The summed E-state index contributed by atoms with van der Waals surface area (Å²) in [5, 5.41) is 8.72. The van der Waals surface area contributed by atoms with E-state index in [0.29, 0.717) is 25.7 Å². The zero-order valence-electron chi connectivity index (χ0n) is 15.7. The van der Waals surface area contributed by atoms with Gasteiger partial charge in [0.15, 0.2) is 23.3 Å². The molecule has 0 aliphatic carbocycles. The molecule has 162 valence electrons. The predicted molar refractivity (Wildman–Crippen MR) is 108 cm³/mol. The Morgan fingerprint density at radius 1 is 1.23 bits per heavy atom. The van der Waals surface area contributed by atoms with Gasteiger partial charge in [-0.3, -0.25) is 9.36 Å². The molecule has 2 aromatic heterocycles. The molecular weight excluding hydrogens is 439 g/mol. The van der Waals surface area contributed by atoms with Crippen molar-refractivity contribution in [2.24, 2.45) is 11.7 Å². The summed E-state index contributed by atoms with van der Waals surface area (Å²) in [5.74, 6) is -5.95. The molecule has 1 aliphatic rings. The van der Waals surface area contributed by atoms with Gasteiger partial charge in [-0.05, 0) is 12.6 Å². The number of nitrogens with zero attached hydrogens (tertiary/aromatic N) is 3. The number of aromatic nitrogens is 2. The van der Waals surface area contributed by atoms with Crippen LogP contribution < -0.4 is 21.8 Å². The minimum atomic E-state index is -1.63. The van der Waals surface area contributed by atoms with E-state index in [4.69, 9.17) is 23.1 Å². The lowest BCUT2D eigenvalue weighted by Crippen LogP contribution is -2.50. The minimum absolute atomic E-state index is 0.0504. The number of fused-ring (bicyclic) bond motifs is 1. The first-order valence-corrected chi connectivity index (χ1v) is 9.39. The molecule has 0 radical (unpaired) electrons. The molecule has 0 bridgehead atoms. The fourth-order valence-electron chi connectivity index (χ4n) is 3.55. The van der Waals surface area contributed by atoms with E-state index in [1.165, 1.54) is 0 Å². The molecule has 4 rings (SSSR count). The van der Waals surface area contributed by atoms with Crippen molar-refractivity contribution in [3.63, 3.8) is 0 Å². The number of aromatic carboxylic acids is 1. The van der Waals surface area contributed by atoms with Gasteiger partial charge in [0.1, 0.15) is 11.4 Å². The number of hydrogen-bond donors (Lipinski definition) is 3. The second-order valence-corrected chi connectivity index (χ2v) is 7.51. The minimum Gasteiger partial charge on any atom is -0.477 e. The highest BCUT2D eigenvalue weighted by Gasteiger charge is 2.32. The average molecular weight is 454 g/mol. The van der Waals surface area contributed by atoms with E-state index in [1.54, 1.807) is 4.90 Å². The Kier molecular flexibility index (Phi) is 5.02. The van der Waals surface area contributed by atoms with Gasteiger partial charge in [-0.1, -0.05) is 11.6 Å². The van der Waals surface area contributed by atoms with Crippen LogP contribution in [0.25, 0.3) is 16.7 Å². The maximum Gasteiger partial charge on any atom is 0.341 e. The summed E-state index contributed by atoms with van der Waals surface area (Å²) in [7, 11) is 0. The van der Waals surface area contributed by atoms with E-state index < -0.39 is 51.4 Å². The molecule has 0 amide bonds. The van der Waals surface area contributed by atoms with Crippen molar-refractivity contribution in [3.05, 3.63) is 56.6 Å². The van der Waals surface area contributed by atoms with Crippen molar-refractivity contribution in [1.29, 1.82) is 0 Å². The molecule has 5 N–H and O–H groups in total. The number of benzene rings is 1. The van der Waals surface area contributed by atoms with E-state index in [-0.39, 0.29) is 22.1 Å². The first-order valence-electron chi connectivity index (χ1n) is 9.01. The fraction of sp³-hybridized carbons (Fsp3) is 0.211. The van der Waals surface area contributed by atoms with Gasteiger partial charge >= 0.3 is 5.97 Å². The number of carboxylic acid groups (broad SMARTS) is 1. The van der Waals surface area contributed by atoms with Crippen LogP contribution in [-0.4, -0.2) is 40.3 Å². The summed E-state index contributed by atoms with van der Waals surface area (Å²) in [6, 6.07) is 1.30. The number of carbonyl (C=O) groups is 1. The topological polar surface area (TPSA) is 127 Å². The van der Waals surface area contributed by atoms with Gasteiger partial charge in [0.05, 0.1) is 21.6 Å². The molecular formula is C19H15ClF3N5O3. The number of hydrogen-bond acceptors (Lipinski definition) is 6. The Hall–Kier alpha value is -3.31. The van der Waals surface area contributed by atoms with Crippen LogP contribution >= 0.6 is 11.6 Å². The molecule has 1 fully saturated rings. The third kappa shape index (κ3) is 3.26. The quantitative estimate of drug-likeness (QED) is 0.552. The molecule has 0 unspecified atom stereocenters. The molecule has 0 saturated carbocycles. The standard InChI is InChI=1S/C19H15ClF3N5O3/c20-13-14-8(1-10(21)15(13)27-4-7(3-24)5-27)16(29)9(19(30)31)6-28(14)18-12(23)2-11(22)17(25)26-18/h1-2,6-7H,3-5,24H2,(H2,25,26)(H,30,31). The van der Waals surface area contributed by atoms with Gasteiger partial charge in [0, 0.05) is 31.3 Å². The SMILES string of the molecule is NCC1CN(c2c(F)cc3c(=O)c(C(=O)O)cn(-c4nc(N)c(F)cc4F)c3c2Cl)C1. The zero-order valence-corrected chi connectivity index (χ0v) is 16.5. The van der Waals surface area contributed by atoms with E-state index >= 15 is 0 Å². The van der Waals surface area contributed by atoms with Crippen molar-refractivity contribution in [1.82, 2.24) is 9.55 Å². The Morgan fingerprint density at radius 2 is 1.90 bits per heavy atom.